The second-order valence-corrected chi connectivity index (χ2v) is 10.3. The predicted molar refractivity (Wildman–Crippen MR) is 154 cm³/mol. The molecule has 0 radical (unpaired) electrons. The van der Waals surface area contributed by atoms with Gasteiger partial charge in [-0.1, -0.05) is 36.9 Å². The highest BCUT2D eigenvalue weighted by Crippen LogP contribution is 2.26. The first kappa shape index (κ1) is 30.5. The van der Waals surface area contributed by atoms with E-state index in [2.05, 4.69) is 17.2 Å². The Morgan fingerprint density at radius 1 is 1.12 bits per heavy atom. The average molecular weight is 581 g/mol. The number of carbonyl (C=O) groups excluding carboxylic acids is 3. The highest BCUT2D eigenvalue weighted by molar-refractivity contribution is 5.94. The number of oxazole rings is 1. The topological polar surface area (TPSA) is 164 Å². The normalized spacial score (nSPS) is 15.1. The van der Waals surface area contributed by atoms with Crippen LogP contribution in [0.4, 0.5) is 4.79 Å². The number of benzene rings is 2. The van der Waals surface area contributed by atoms with E-state index in [1.807, 2.05) is 36.4 Å². The first-order valence-electron chi connectivity index (χ1n) is 13.7. The molecule has 0 aliphatic carbocycles. The number of nitrogens with zero attached hydrogens (tertiary/aromatic N) is 1. The maximum absolute atomic E-state index is 13.4. The number of hydrogen-bond acceptors (Lipinski definition) is 8. The smallest absolute Gasteiger partial charge is 0.416 e. The van der Waals surface area contributed by atoms with Crippen molar-refractivity contribution >= 4 is 29.0 Å². The molecule has 0 spiro atoms. The third-order valence-electron chi connectivity index (χ3n) is 7.16. The number of rotatable bonds is 12. The molecule has 2 aromatic carbocycles. The maximum Gasteiger partial charge on any atom is 0.419 e. The fourth-order valence-corrected chi connectivity index (χ4v) is 4.92. The Hall–Kier alpha value is -4.42. The van der Waals surface area contributed by atoms with E-state index >= 15 is 0 Å². The standard InChI is InChI=1S/C30H36N4O8/c1-19(2)41-28(37)33-30(11-15-40-16-12-30)27(36)32-23(26(31)35)17-20-5-7-21(8-6-20)22-9-10-25-24(18-22)34(29(38)42-25)13-4-14-39-3/h5-10,18,23H,1,4,11-17H2,2-3H3,(H2,31,35)(H,32,36)(H,33,37)/t23-/m0/s1. The number of carbonyl (C=O) groups is 3. The molecule has 4 rings (SSSR count). The van der Waals surface area contributed by atoms with E-state index in [-0.39, 0.29) is 38.2 Å². The Morgan fingerprint density at radius 3 is 2.45 bits per heavy atom. The van der Waals surface area contributed by atoms with Gasteiger partial charge in [0.05, 0.1) is 11.3 Å². The summed E-state index contributed by atoms with van der Waals surface area (Å²) in [7, 11) is 1.61. The summed E-state index contributed by atoms with van der Waals surface area (Å²) in [6.45, 7) is 6.55. The van der Waals surface area contributed by atoms with Gasteiger partial charge in [0.25, 0.3) is 0 Å². The summed E-state index contributed by atoms with van der Waals surface area (Å²) in [6, 6.07) is 12.0. The number of methoxy groups -OCH3 is 1. The van der Waals surface area contributed by atoms with Gasteiger partial charge in [-0.05, 0) is 42.2 Å². The van der Waals surface area contributed by atoms with Gasteiger partial charge >= 0.3 is 11.8 Å². The zero-order chi connectivity index (χ0) is 30.3. The van der Waals surface area contributed by atoms with Crippen molar-refractivity contribution in [1.82, 2.24) is 15.2 Å². The first-order valence-corrected chi connectivity index (χ1v) is 13.7. The van der Waals surface area contributed by atoms with Crippen molar-refractivity contribution in [2.75, 3.05) is 26.9 Å². The van der Waals surface area contributed by atoms with Gasteiger partial charge in [0, 0.05) is 52.7 Å². The third kappa shape index (κ3) is 7.25. The van der Waals surface area contributed by atoms with Crippen LogP contribution in [0.25, 0.3) is 22.2 Å². The average Bonchev–Trinajstić information content (AvgIpc) is 3.27. The van der Waals surface area contributed by atoms with Crippen molar-refractivity contribution in [2.45, 2.75) is 50.7 Å². The second kappa shape index (κ2) is 13.5. The van der Waals surface area contributed by atoms with Crippen molar-refractivity contribution in [1.29, 1.82) is 0 Å². The van der Waals surface area contributed by atoms with Crippen molar-refractivity contribution in [3.63, 3.8) is 0 Å². The zero-order valence-electron chi connectivity index (χ0n) is 23.8. The number of amides is 3. The predicted octanol–water partition coefficient (Wildman–Crippen LogP) is 2.62. The van der Waals surface area contributed by atoms with Crippen molar-refractivity contribution in [2.24, 2.45) is 5.73 Å². The molecule has 2 heterocycles. The number of fused-ring (bicyclic) bond motifs is 1. The van der Waals surface area contributed by atoms with Gasteiger partial charge in [0.1, 0.15) is 11.6 Å². The summed E-state index contributed by atoms with van der Waals surface area (Å²) >= 11 is 0. The molecule has 42 heavy (non-hydrogen) atoms. The minimum Gasteiger partial charge on any atom is -0.416 e. The molecule has 1 aliphatic rings. The lowest BCUT2D eigenvalue weighted by atomic mass is 9.88. The molecule has 0 saturated carbocycles. The van der Waals surface area contributed by atoms with E-state index in [0.29, 0.717) is 30.7 Å². The zero-order valence-corrected chi connectivity index (χ0v) is 23.8. The number of primary amides is 1. The van der Waals surface area contributed by atoms with E-state index in [1.54, 1.807) is 17.7 Å². The highest BCUT2D eigenvalue weighted by Gasteiger charge is 2.43. The molecule has 224 valence electrons. The Kier molecular flexibility index (Phi) is 9.81. The lowest BCUT2D eigenvalue weighted by molar-refractivity contribution is -0.134. The summed E-state index contributed by atoms with van der Waals surface area (Å²) < 4.78 is 22.4. The number of hydrogen-bond donors (Lipinski definition) is 3. The van der Waals surface area contributed by atoms with Crippen LogP contribution < -0.4 is 22.1 Å². The lowest BCUT2D eigenvalue weighted by Gasteiger charge is -2.36. The molecule has 1 saturated heterocycles. The van der Waals surface area contributed by atoms with Gasteiger partial charge in [0.15, 0.2) is 5.58 Å². The SMILES string of the molecule is C=C(C)OC(=O)NC1(C(=O)N[C@@H](Cc2ccc(-c3ccc4oc(=O)n(CCCOC)c4c3)cc2)C(N)=O)CCOCC1. The van der Waals surface area contributed by atoms with Gasteiger partial charge in [0.2, 0.25) is 11.8 Å². The Balaban J connectivity index is 1.48. The van der Waals surface area contributed by atoms with Crippen LogP contribution in [-0.4, -0.2) is 61.0 Å². The Labute approximate surface area is 242 Å². The summed E-state index contributed by atoms with van der Waals surface area (Å²) in [5.41, 5.74) is 8.06. The van der Waals surface area contributed by atoms with Gasteiger partial charge < -0.3 is 35.0 Å². The summed E-state index contributed by atoms with van der Waals surface area (Å²) in [5.74, 6) is -1.50. The van der Waals surface area contributed by atoms with Crippen LogP contribution in [0.5, 0.6) is 0 Å². The van der Waals surface area contributed by atoms with Crippen molar-refractivity contribution < 1.29 is 33.0 Å². The van der Waals surface area contributed by atoms with Crippen LogP contribution in [0, 0.1) is 0 Å². The Bertz CT molecular complexity index is 1500. The molecule has 1 aliphatic heterocycles. The quantitative estimate of drug-likeness (QED) is 0.217. The number of nitrogens with two attached hydrogens (primary N) is 1. The number of nitrogens with one attached hydrogen (secondary N) is 2. The van der Waals surface area contributed by atoms with Gasteiger partial charge in [-0.15, -0.1) is 0 Å². The van der Waals surface area contributed by atoms with Crippen LogP contribution in [0.15, 0.2) is 64.0 Å². The molecule has 12 nitrogen and oxygen atoms in total. The van der Waals surface area contributed by atoms with E-state index < -0.39 is 35.2 Å². The van der Waals surface area contributed by atoms with Crippen LogP contribution >= 0.6 is 0 Å². The van der Waals surface area contributed by atoms with Gasteiger partial charge in [-0.25, -0.2) is 9.59 Å². The molecule has 1 fully saturated rings. The second-order valence-electron chi connectivity index (χ2n) is 10.3. The largest absolute Gasteiger partial charge is 0.419 e. The first-order chi connectivity index (χ1) is 20.1. The monoisotopic (exact) mass is 580 g/mol. The van der Waals surface area contributed by atoms with Crippen molar-refractivity contribution in [3.05, 3.63) is 70.9 Å². The molecular weight excluding hydrogens is 544 g/mol. The minimum atomic E-state index is -1.32. The number of alkyl carbamates (subject to hydrolysis) is 1. The molecule has 12 heteroatoms. The van der Waals surface area contributed by atoms with Gasteiger partial charge in [-0.3, -0.25) is 14.2 Å². The van der Waals surface area contributed by atoms with Crippen LogP contribution in [0.2, 0.25) is 0 Å². The van der Waals surface area contributed by atoms with Crippen LogP contribution in [-0.2, 0) is 36.8 Å². The molecule has 0 unspecified atom stereocenters. The number of aromatic nitrogens is 1. The number of allylic oxidation sites excluding steroid dienone is 1. The highest BCUT2D eigenvalue weighted by atomic mass is 16.6. The molecule has 4 N–H and O–H groups in total. The lowest BCUT2D eigenvalue weighted by Crippen LogP contribution is -2.63. The molecule has 3 aromatic rings. The summed E-state index contributed by atoms with van der Waals surface area (Å²) in [6.07, 6.45) is 0.401. The third-order valence-corrected chi connectivity index (χ3v) is 7.16. The molecule has 0 bridgehead atoms. The van der Waals surface area contributed by atoms with Crippen LogP contribution in [0.3, 0.4) is 0 Å². The molecule has 3 amide bonds. The fraction of sp³-hybridized carbons (Fsp3) is 0.400. The van der Waals surface area contributed by atoms with Gasteiger partial charge in [-0.2, -0.15) is 0 Å². The maximum atomic E-state index is 13.4. The Morgan fingerprint density at radius 2 is 1.81 bits per heavy atom. The summed E-state index contributed by atoms with van der Waals surface area (Å²) in [4.78, 5) is 50.4. The minimum absolute atomic E-state index is 0.143. The summed E-state index contributed by atoms with van der Waals surface area (Å²) in [5, 5.41) is 5.35. The van der Waals surface area contributed by atoms with E-state index in [0.717, 1.165) is 16.7 Å². The fourth-order valence-electron chi connectivity index (χ4n) is 4.92. The molecule has 1 aromatic heterocycles. The van der Waals surface area contributed by atoms with E-state index in [4.69, 9.17) is 24.4 Å². The van der Waals surface area contributed by atoms with E-state index in [1.165, 1.54) is 6.92 Å². The van der Waals surface area contributed by atoms with E-state index in [9.17, 15) is 19.2 Å². The number of aryl methyl sites for hydroxylation is 1. The van der Waals surface area contributed by atoms with Crippen molar-refractivity contribution in [3.8, 4) is 11.1 Å². The van der Waals surface area contributed by atoms with Crippen LogP contribution in [0.1, 0.15) is 31.7 Å². The number of ether oxygens (including phenoxy) is 3. The molecular formula is C30H36N4O8. The molecule has 1 atom stereocenters.